The first-order valence-electron chi connectivity index (χ1n) is 7.96. The predicted molar refractivity (Wildman–Crippen MR) is 97.0 cm³/mol. The summed E-state index contributed by atoms with van der Waals surface area (Å²) in [6, 6.07) is 7.06. The van der Waals surface area contributed by atoms with Gasteiger partial charge >= 0.3 is 0 Å². The number of anilines is 1. The molecule has 142 valence electrons. The van der Waals surface area contributed by atoms with Crippen LogP contribution >= 0.6 is 0 Å². The van der Waals surface area contributed by atoms with Crippen molar-refractivity contribution < 1.29 is 22.8 Å². The van der Waals surface area contributed by atoms with Crippen LogP contribution < -0.4 is 10.0 Å². The molecule has 0 radical (unpaired) electrons. The van der Waals surface area contributed by atoms with Crippen LogP contribution in [-0.2, 0) is 14.8 Å². The van der Waals surface area contributed by atoms with Crippen LogP contribution in [0.15, 0.2) is 45.5 Å². The lowest BCUT2D eigenvalue weighted by atomic mass is 10.1. The molecule has 0 fully saturated rings. The molecule has 1 aromatic heterocycles. The van der Waals surface area contributed by atoms with Crippen molar-refractivity contribution in [2.24, 2.45) is 0 Å². The fourth-order valence-corrected chi connectivity index (χ4v) is 3.24. The monoisotopic (exact) mass is 390 g/mol. The molecular formula is C17H18N4O5S. The minimum atomic E-state index is -3.62. The average Bonchev–Trinajstić information content (AvgIpc) is 3.07. The van der Waals surface area contributed by atoms with Crippen LogP contribution in [0, 0.1) is 18.3 Å². The SMILES string of the molecule is CCCNS(=O)(=O)c1ccc(NC(=O)/C(C#N)=C(\O)c2cnoc2C)cc1. The number of sulfonamides is 1. The third-order valence-corrected chi connectivity index (χ3v) is 5.02. The van der Waals surface area contributed by atoms with Gasteiger partial charge in [0.15, 0.2) is 11.3 Å². The van der Waals surface area contributed by atoms with Crippen LogP contribution in [0.1, 0.15) is 24.7 Å². The number of rotatable bonds is 7. The van der Waals surface area contributed by atoms with E-state index in [4.69, 9.17) is 4.52 Å². The Labute approximate surface area is 156 Å². The van der Waals surface area contributed by atoms with Gasteiger partial charge in [-0.2, -0.15) is 5.26 Å². The molecule has 1 amide bonds. The molecule has 2 rings (SSSR count). The number of carbonyl (C=O) groups excluding carboxylic acids is 1. The molecular weight excluding hydrogens is 372 g/mol. The molecule has 0 spiro atoms. The number of nitriles is 1. The Bertz CT molecular complexity index is 1000. The van der Waals surface area contributed by atoms with Gasteiger partial charge in [-0.3, -0.25) is 4.79 Å². The van der Waals surface area contributed by atoms with E-state index >= 15 is 0 Å². The van der Waals surface area contributed by atoms with Crippen molar-refractivity contribution in [3.8, 4) is 6.07 Å². The zero-order valence-corrected chi connectivity index (χ0v) is 15.5. The second-order valence-corrected chi connectivity index (χ2v) is 7.27. The molecule has 0 bridgehead atoms. The predicted octanol–water partition coefficient (Wildman–Crippen LogP) is 2.10. The lowest BCUT2D eigenvalue weighted by Gasteiger charge is -2.08. The van der Waals surface area contributed by atoms with Crippen molar-refractivity contribution in [3.63, 3.8) is 0 Å². The fourth-order valence-electron chi connectivity index (χ4n) is 2.10. The van der Waals surface area contributed by atoms with Gasteiger partial charge in [0.05, 0.1) is 16.7 Å². The minimum Gasteiger partial charge on any atom is -0.506 e. The summed E-state index contributed by atoms with van der Waals surface area (Å²) in [5, 5.41) is 25.3. The highest BCUT2D eigenvalue weighted by molar-refractivity contribution is 7.89. The number of benzene rings is 1. The number of aryl methyl sites for hydroxylation is 1. The normalized spacial score (nSPS) is 12.2. The number of aliphatic hydroxyl groups is 1. The highest BCUT2D eigenvalue weighted by Crippen LogP contribution is 2.21. The summed E-state index contributed by atoms with van der Waals surface area (Å²) in [5.41, 5.74) is -0.134. The van der Waals surface area contributed by atoms with E-state index in [0.717, 1.165) is 0 Å². The first-order chi connectivity index (χ1) is 12.8. The van der Waals surface area contributed by atoms with Crippen LogP contribution in [-0.4, -0.2) is 31.1 Å². The minimum absolute atomic E-state index is 0.0490. The summed E-state index contributed by atoms with van der Waals surface area (Å²) in [7, 11) is -3.62. The van der Waals surface area contributed by atoms with Gasteiger partial charge in [-0.25, -0.2) is 13.1 Å². The van der Waals surface area contributed by atoms with Crippen molar-refractivity contribution in [1.29, 1.82) is 5.26 Å². The highest BCUT2D eigenvalue weighted by atomic mass is 32.2. The number of nitrogens with zero attached hydrogens (tertiary/aromatic N) is 2. The van der Waals surface area contributed by atoms with Gasteiger partial charge in [-0.1, -0.05) is 12.1 Å². The van der Waals surface area contributed by atoms with Crippen LogP contribution in [0.5, 0.6) is 0 Å². The summed E-state index contributed by atoms with van der Waals surface area (Å²) >= 11 is 0. The van der Waals surface area contributed by atoms with E-state index in [0.29, 0.717) is 13.0 Å². The first-order valence-corrected chi connectivity index (χ1v) is 9.44. The fraction of sp³-hybridized carbons (Fsp3) is 0.235. The molecule has 0 saturated heterocycles. The number of hydrogen-bond acceptors (Lipinski definition) is 7. The Morgan fingerprint density at radius 1 is 1.33 bits per heavy atom. The molecule has 10 heteroatoms. The van der Waals surface area contributed by atoms with Crippen molar-refractivity contribution in [2.75, 3.05) is 11.9 Å². The molecule has 1 heterocycles. The average molecular weight is 390 g/mol. The molecule has 3 N–H and O–H groups in total. The maximum absolute atomic E-state index is 12.3. The number of aliphatic hydroxyl groups excluding tert-OH is 1. The van der Waals surface area contributed by atoms with Gasteiger partial charge in [0.25, 0.3) is 5.91 Å². The van der Waals surface area contributed by atoms with Crippen LogP contribution in [0.2, 0.25) is 0 Å². The largest absolute Gasteiger partial charge is 0.506 e. The molecule has 0 aliphatic heterocycles. The third kappa shape index (κ3) is 4.72. The van der Waals surface area contributed by atoms with Crippen molar-refractivity contribution in [3.05, 3.63) is 47.4 Å². The topological polar surface area (TPSA) is 145 Å². The number of nitrogens with one attached hydrogen (secondary N) is 2. The van der Waals surface area contributed by atoms with Crippen LogP contribution in [0.25, 0.3) is 5.76 Å². The molecule has 27 heavy (non-hydrogen) atoms. The first kappa shape index (κ1) is 20.2. The van der Waals surface area contributed by atoms with Crippen LogP contribution in [0.3, 0.4) is 0 Å². The Morgan fingerprint density at radius 3 is 2.52 bits per heavy atom. The second kappa shape index (κ2) is 8.48. The van der Waals surface area contributed by atoms with E-state index in [1.54, 1.807) is 6.07 Å². The Hall–Kier alpha value is -3.16. The van der Waals surface area contributed by atoms with Gasteiger partial charge in [-0.05, 0) is 37.6 Å². The van der Waals surface area contributed by atoms with Gasteiger partial charge in [0.2, 0.25) is 10.0 Å². The van der Waals surface area contributed by atoms with Crippen molar-refractivity contribution in [1.82, 2.24) is 9.88 Å². The number of amides is 1. The zero-order chi connectivity index (χ0) is 20.0. The number of hydrogen-bond donors (Lipinski definition) is 3. The lowest BCUT2D eigenvalue weighted by Crippen LogP contribution is -2.24. The zero-order valence-electron chi connectivity index (χ0n) is 14.7. The molecule has 1 aromatic carbocycles. The quantitative estimate of drug-likeness (QED) is 0.373. The Balaban J connectivity index is 2.20. The van der Waals surface area contributed by atoms with Gasteiger partial charge < -0.3 is 14.9 Å². The van der Waals surface area contributed by atoms with E-state index in [1.807, 2.05) is 6.92 Å². The molecule has 2 aromatic rings. The Morgan fingerprint density at radius 2 is 2.00 bits per heavy atom. The van der Waals surface area contributed by atoms with E-state index in [1.165, 1.54) is 37.4 Å². The Kier molecular flexibility index (Phi) is 6.33. The van der Waals surface area contributed by atoms with E-state index in [-0.39, 0.29) is 21.9 Å². The maximum atomic E-state index is 12.3. The van der Waals surface area contributed by atoms with E-state index in [2.05, 4.69) is 15.2 Å². The third-order valence-electron chi connectivity index (χ3n) is 3.55. The van der Waals surface area contributed by atoms with Crippen molar-refractivity contribution >= 4 is 27.4 Å². The summed E-state index contributed by atoms with van der Waals surface area (Å²) < 4.78 is 31.3. The molecule has 9 nitrogen and oxygen atoms in total. The summed E-state index contributed by atoms with van der Waals surface area (Å²) in [6.07, 6.45) is 1.85. The van der Waals surface area contributed by atoms with Crippen molar-refractivity contribution in [2.45, 2.75) is 25.2 Å². The standard InChI is InChI=1S/C17H18N4O5S/c1-3-8-20-27(24,25)13-6-4-12(5-7-13)21-17(23)14(9-18)16(22)15-10-19-26-11(15)2/h4-7,10,20,22H,3,8H2,1-2H3,(H,21,23)/b16-14-. The van der Waals surface area contributed by atoms with E-state index in [9.17, 15) is 23.6 Å². The summed E-state index contributed by atoms with van der Waals surface area (Å²) in [6.45, 7) is 3.69. The number of aromatic nitrogens is 1. The van der Waals surface area contributed by atoms with E-state index < -0.39 is 27.3 Å². The smallest absolute Gasteiger partial charge is 0.270 e. The van der Waals surface area contributed by atoms with Gasteiger partial charge in [0, 0.05) is 12.2 Å². The molecule has 0 aliphatic rings. The summed E-state index contributed by atoms with van der Waals surface area (Å²) in [5.74, 6) is -1.16. The van der Waals surface area contributed by atoms with Gasteiger partial charge in [-0.15, -0.1) is 0 Å². The maximum Gasteiger partial charge on any atom is 0.270 e. The van der Waals surface area contributed by atoms with Gasteiger partial charge in [0.1, 0.15) is 11.8 Å². The highest BCUT2D eigenvalue weighted by Gasteiger charge is 2.20. The number of carbonyl (C=O) groups is 1. The van der Waals surface area contributed by atoms with Crippen LogP contribution in [0.4, 0.5) is 5.69 Å². The summed E-state index contributed by atoms with van der Waals surface area (Å²) in [4.78, 5) is 12.3. The second-order valence-electron chi connectivity index (χ2n) is 5.51. The molecule has 0 unspecified atom stereocenters. The molecule has 0 aliphatic carbocycles. The lowest BCUT2D eigenvalue weighted by molar-refractivity contribution is -0.112. The molecule has 0 saturated carbocycles. The molecule has 0 atom stereocenters.